The largest absolute Gasteiger partial charge is 0.367 e. The number of likely N-dealkylation sites (N-methyl/N-ethyl adjacent to an activating group) is 1. The first-order valence-electron chi connectivity index (χ1n) is 6.84. The van der Waals surface area contributed by atoms with Crippen LogP contribution in [0.4, 0.5) is 15.9 Å². The Morgan fingerprint density at radius 2 is 2.05 bits per heavy atom. The highest BCUT2D eigenvalue weighted by Gasteiger charge is 2.09. The molecule has 0 saturated carbocycles. The molecule has 1 aromatic carbocycles. The van der Waals surface area contributed by atoms with Crippen molar-refractivity contribution in [2.45, 2.75) is 0 Å². The molecule has 2 aromatic rings. The van der Waals surface area contributed by atoms with Crippen molar-refractivity contribution in [1.82, 2.24) is 15.1 Å². The third-order valence-electron chi connectivity index (χ3n) is 2.84. The predicted octanol–water partition coefficient (Wildman–Crippen LogP) is 1.84. The van der Waals surface area contributed by atoms with Gasteiger partial charge < -0.3 is 15.5 Å². The molecule has 1 amide bonds. The van der Waals surface area contributed by atoms with Crippen LogP contribution < -0.4 is 10.6 Å². The number of rotatable bonds is 6. The summed E-state index contributed by atoms with van der Waals surface area (Å²) >= 11 is 0. The van der Waals surface area contributed by atoms with Crippen LogP contribution in [-0.4, -0.2) is 48.2 Å². The number of carbonyl (C=O) groups excluding carboxylic acids is 1. The number of amides is 1. The average molecular weight is 303 g/mol. The van der Waals surface area contributed by atoms with Gasteiger partial charge in [-0.3, -0.25) is 4.79 Å². The van der Waals surface area contributed by atoms with Gasteiger partial charge in [0.15, 0.2) is 5.69 Å². The summed E-state index contributed by atoms with van der Waals surface area (Å²) in [6.07, 6.45) is 0. The summed E-state index contributed by atoms with van der Waals surface area (Å²) in [6.45, 7) is 1.60. The Kier molecular flexibility index (Phi) is 5.37. The van der Waals surface area contributed by atoms with Crippen molar-refractivity contribution in [2.24, 2.45) is 0 Å². The van der Waals surface area contributed by atoms with Crippen LogP contribution in [0.1, 0.15) is 10.5 Å². The van der Waals surface area contributed by atoms with Crippen molar-refractivity contribution in [3.8, 4) is 0 Å². The maximum absolute atomic E-state index is 13.1. The predicted molar refractivity (Wildman–Crippen MR) is 83.4 cm³/mol. The van der Waals surface area contributed by atoms with Crippen LogP contribution >= 0.6 is 0 Å². The molecule has 0 bridgehead atoms. The number of hydrogen-bond acceptors (Lipinski definition) is 5. The summed E-state index contributed by atoms with van der Waals surface area (Å²) in [4.78, 5) is 14.0. The Morgan fingerprint density at radius 1 is 1.23 bits per heavy atom. The molecule has 1 heterocycles. The summed E-state index contributed by atoms with van der Waals surface area (Å²) in [7, 11) is 3.96. The lowest BCUT2D eigenvalue weighted by Crippen LogP contribution is -2.21. The molecule has 2 N–H and O–H groups in total. The lowest BCUT2D eigenvalue weighted by atomic mass is 10.3. The molecule has 0 spiro atoms. The SMILES string of the molecule is CN(C)CCNc1ccc(C(=O)Nc2cccc(F)c2)nn1. The molecule has 0 radical (unpaired) electrons. The van der Waals surface area contributed by atoms with Gasteiger partial charge >= 0.3 is 0 Å². The second-order valence-electron chi connectivity index (χ2n) is 5.00. The number of halogens is 1. The topological polar surface area (TPSA) is 70.2 Å². The van der Waals surface area contributed by atoms with E-state index < -0.39 is 11.7 Å². The molecule has 7 heteroatoms. The molecule has 0 aliphatic heterocycles. The van der Waals surface area contributed by atoms with Crippen LogP contribution in [-0.2, 0) is 0 Å². The van der Waals surface area contributed by atoms with Crippen LogP contribution in [0, 0.1) is 5.82 Å². The van der Waals surface area contributed by atoms with E-state index in [9.17, 15) is 9.18 Å². The quantitative estimate of drug-likeness (QED) is 0.852. The van der Waals surface area contributed by atoms with E-state index in [2.05, 4.69) is 20.8 Å². The maximum Gasteiger partial charge on any atom is 0.276 e. The van der Waals surface area contributed by atoms with E-state index in [-0.39, 0.29) is 5.69 Å². The van der Waals surface area contributed by atoms with E-state index >= 15 is 0 Å². The van der Waals surface area contributed by atoms with Crippen molar-refractivity contribution in [3.63, 3.8) is 0 Å². The lowest BCUT2D eigenvalue weighted by molar-refractivity contribution is 0.102. The summed E-state index contributed by atoms with van der Waals surface area (Å²) < 4.78 is 13.1. The van der Waals surface area contributed by atoms with Gasteiger partial charge in [0.1, 0.15) is 11.6 Å². The number of aromatic nitrogens is 2. The average Bonchev–Trinajstić information content (AvgIpc) is 2.47. The van der Waals surface area contributed by atoms with Crippen molar-refractivity contribution in [3.05, 3.63) is 47.9 Å². The fourth-order valence-corrected chi connectivity index (χ4v) is 1.72. The first-order valence-corrected chi connectivity index (χ1v) is 6.84. The molecule has 0 saturated heterocycles. The molecule has 1 aromatic heterocycles. The third-order valence-corrected chi connectivity index (χ3v) is 2.84. The minimum atomic E-state index is -0.432. The third kappa shape index (κ3) is 4.78. The number of anilines is 2. The van der Waals surface area contributed by atoms with Gasteiger partial charge in [-0.25, -0.2) is 4.39 Å². The Labute approximate surface area is 128 Å². The van der Waals surface area contributed by atoms with E-state index in [1.165, 1.54) is 18.2 Å². The molecule has 2 rings (SSSR count). The van der Waals surface area contributed by atoms with E-state index in [4.69, 9.17) is 0 Å². The molecule has 0 fully saturated rings. The molecular formula is C15H18FN5O. The number of nitrogens with one attached hydrogen (secondary N) is 2. The highest BCUT2D eigenvalue weighted by atomic mass is 19.1. The van der Waals surface area contributed by atoms with Crippen LogP contribution in [0.25, 0.3) is 0 Å². The minimum Gasteiger partial charge on any atom is -0.367 e. The van der Waals surface area contributed by atoms with Gasteiger partial charge in [0.25, 0.3) is 5.91 Å². The number of carbonyl (C=O) groups is 1. The second kappa shape index (κ2) is 7.46. The summed E-state index contributed by atoms with van der Waals surface area (Å²) in [5, 5.41) is 13.5. The zero-order valence-corrected chi connectivity index (χ0v) is 12.5. The highest BCUT2D eigenvalue weighted by molar-refractivity contribution is 6.02. The van der Waals surface area contributed by atoms with Crippen LogP contribution in [0.3, 0.4) is 0 Å². The summed E-state index contributed by atoms with van der Waals surface area (Å²) in [5.74, 6) is -0.244. The first-order chi connectivity index (χ1) is 10.5. The number of hydrogen-bond donors (Lipinski definition) is 2. The Bertz CT molecular complexity index is 630. The van der Waals surface area contributed by atoms with Crippen molar-refractivity contribution >= 4 is 17.4 Å². The molecule has 22 heavy (non-hydrogen) atoms. The first kappa shape index (κ1) is 15.8. The van der Waals surface area contributed by atoms with E-state index in [1.54, 1.807) is 18.2 Å². The van der Waals surface area contributed by atoms with Crippen LogP contribution in [0.2, 0.25) is 0 Å². The molecule has 116 valence electrons. The normalized spacial score (nSPS) is 10.5. The van der Waals surface area contributed by atoms with Gasteiger partial charge in [-0.05, 0) is 44.4 Å². The zero-order chi connectivity index (χ0) is 15.9. The number of benzene rings is 1. The Balaban J connectivity index is 1.93. The van der Waals surface area contributed by atoms with Gasteiger partial charge in [-0.2, -0.15) is 0 Å². The van der Waals surface area contributed by atoms with Crippen LogP contribution in [0.15, 0.2) is 36.4 Å². The fourth-order valence-electron chi connectivity index (χ4n) is 1.72. The zero-order valence-electron chi connectivity index (χ0n) is 12.5. The van der Waals surface area contributed by atoms with E-state index in [0.717, 1.165) is 13.1 Å². The van der Waals surface area contributed by atoms with E-state index in [1.807, 2.05) is 19.0 Å². The highest BCUT2D eigenvalue weighted by Crippen LogP contribution is 2.10. The van der Waals surface area contributed by atoms with Gasteiger partial charge in [0, 0.05) is 18.8 Å². The molecule has 0 unspecified atom stereocenters. The minimum absolute atomic E-state index is 0.169. The maximum atomic E-state index is 13.1. The van der Waals surface area contributed by atoms with Gasteiger partial charge in [0.2, 0.25) is 0 Å². The van der Waals surface area contributed by atoms with Crippen molar-refractivity contribution < 1.29 is 9.18 Å². The van der Waals surface area contributed by atoms with Gasteiger partial charge in [0.05, 0.1) is 0 Å². The molecular weight excluding hydrogens is 285 g/mol. The van der Waals surface area contributed by atoms with E-state index in [0.29, 0.717) is 11.5 Å². The van der Waals surface area contributed by atoms with Crippen molar-refractivity contribution in [2.75, 3.05) is 37.8 Å². The fraction of sp³-hybridized carbons (Fsp3) is 0.267. The van der Waals surface area contributed by atoms with Gasteiger partial charge in [-0.15, -0.1) is 10.2 Å². The smallest absolute Gasteiger partial charge is 0.276 e. The molecule has 6 nitrogen and oxygen atoms in total. The monoisotopic (exact) mass is 303 g/mol. The molecule has 0 aliphatic rings. The van der Waals surface area contributed by atoms with Gasteiger partial charge in [-0.1, -0.05) is 6.07 Å². The summed E-state index contributed by atoms with van der Waals surface area (Å²) in [5.41, 5.74) is 0.544. The van der Waals surface area contributed by atoms with Crippen molar-refractivity contribution in [1.29, 1.82) is 0 Å². The number of nitrogens with zero attached hydrogens (tertiary/aromatic N) is 3. The second-order valence-corrected chi connectivity index (χ2v) is 5.00. The Hall–Kier alpha value is -2.54. The standard InChI is InChI=1S/C15H18FN5O/c1-21(2)9-8-17-14-7-6-13(19-20-14)15(22)18-12-5-3-4-11(16)10-12/h3-7,10H,8-9H2,1-2H3,(H,17,20)(H,18,22). The molecule has 0 aliphatic carbocycles. The lowest BCUT2D eigenvalue weighted by Gasteiger charge is -2.10. The summed E-state index contributed by atoms with van der Waals surface area (Å²) in [6, 6.07) is 8.93. The molecule has 0 atom stereocenters. The van der Waals surface area contributed by atoms with Crippen LogP contribution in [0.5, 0.6) is 0 Å². The Morgan fingerprint density at radius 3 is 2.68 bits per heavy atom.